The summed E-state index contributed by atoms with van der Waals surface area (Å²) in [5.41, 5.74) is -1.31. The van der Waals surface area contributed by atoms with Gasteiger partial charge in [0.1, 0.15) is 0 Å². The summed E-state index contributed by atoms with van der Waals surface area (Å²) >= 11 is -2.70. The summed E-state index contributed by atoms with van der Waals surface area (Å²) in [6, 6.07) is 0. The second kappa shape index (κ2) is 8.03. The van der Waals surface area contributed by atoms with E-state index in [0.29, 0.717) is 0 Å². The highest BCUT2D eigenvalue weighted by atomic mass is 32.2. The molecule has 2 unspecified atom stereocenters. The van der Waals surface area contributed by atoms with Crippen LogP contribution >= 0.6 is 0 Å². The molecule has 8 nitrogen and oxygen atoms in total. The highest BCUT2D eigenvalue weighted by Crippen LogP contribution is 2.01. The van der Waals surface area contributed by atoms with E-state index in [4.69, 9.17) is 15.3 Å². The van der Waals surface area contributed by atoms with Crippen LogP contribution in [0.15, 0.2) is 0 Å². The first kappa shape index (κ1) is 15.9. The molecular formula is C7H16NO7S-. The van der Waals surface area contributed by atoms with E-state index < -0.39 is 49.4 Å². The van der Waals surface area contributed by atoms with Crippen LogP contribution in [0.3, 0.4) is 0 Å². The van der Waals surface area contributed by atoms with Gasteiger partial charge in [0, 0.05) is 6.54 Å². The average Bonchev–Trinajstić information content (AvgIpc) is 2.29. The Morgan fingerprint density at radius 3 is 2.19 bits per heavy atom. The Morgan fingerprint density at radius 1 is 1.31 bits per heavy atom. The fraction of sp³-hybridized carbons (Fsp3) is 1.00. The number of rotatable bonds is 9. The van der Waals surface area contributed by atoms with Crippen molar-refractivity contribution in [3.8, 4) is 0 Å². The lowest BCUT2D eigenvalue weighted by Crippen LogP contribution is -2.57. The molecule has 98 valence electrons. The van der Waals surface area contributed by atoms with Gasteiger partial charge in [0.05, 0.1) is 49.4 Å². The Balaban J connectivity index is 3.96. The van der Waals surface area contributed by atoms with E-state index in [0.717, 1.165) is 0 Å². The van der Waals surface area contributed by atoms with E-state index >= 15 is 0 Å². The molecule has 0 fully saturated rings. The van der Waals surface area contributed by atoms with Crippen molar-refractivity contribution in [1.29, 1.82) is 0 Å². The monoisotopic (exact) mass is 258 g/mol. The first-order valence-electron chi connectivity index (χ1n) is 4.48. The molecule has 0 spiro atoms. The van der Waals surface area contributed by atoms with Crippen LogP contribution in [-0.2, 0) is 15.5 Å². The van der Waals surface area contributed by atoms with Crippen molar-refractivity contribution in [2.75, 3.05) is 33.0 Å². The second-order valence-electron chi connectivity index (χ2n) is 3.28. The molecule has 0 aromatic rings. The molecule has 9 heteroatoms. The van der Waals surface area contributed by atoms with E-state index in [-0.39, 0.29) is 6.54 Å². The van der Waals surface area contributed by atoms with Gasteiger partial charge in [-0.3, -0.25) is 4.18 Å². The molecule has 16 heavy (non-hydrogen) atoms. The highest BCUT2D eigenvalue weighted by Gasteiger charge is 2.27. The molecule has 0 amide bonds. The first-order valence-corrected chi connectivity index (χ1v) is 5.48. The molecule has 0 rings (SSSR count). The van der Waals surface area contributed by atoms with E-state index in [1.165, 1.54) is 0 Å². The Labute approximate surface area is 95.4 Å². The smallest absolute Gasteiger partial charge is 0.0911 e. The number of aliphatic hydroxyl groups excluding tert-OH is 4. The zero-order valence-electron chi connectivity index (χ0n) is 8.53. The molecule has 0 saturated heterocycles. The van der Waals surface area contributed by atoms with Crippen molar-refractivity contribution < 1.29 is 33.4 Å². The SMILES string of the molecule is O=S([O-])OCC(O)CNC(CO)(CO)CO. The topological polar surface area (TPSA) is 142 Å². The summed E-state index contributed by atoms with van der Waals surface area (Å²) in [6.07, 6.45) is -1.14. The Kier molecular flexibility index (Phi) is 7.97. The minimum atomic E-state index is -2.70. The third-order valence-corrected chi connectivity index (χ3v) is 2.31. The van der Waals surface area contributed by atoms with Gasteiger partial charge in [-0.05, 0) is 0 Å². The van der Waals surface area contributed by atoms with Crippen molar-refractivity contribution >= 4 is 11.4 Å². The van der Waals surface area contributed by atoms with Gasteiger partial charge in [-0.1, -0.05) is 0 Å². The number of hydrogen-bond donors (Lipinski definition) is 5. The average molecular weight is 258 g/mol. The lowest BCUT2D eigenvalue weighted by Gasteiger charge is -2.29. The van der Waals surface area contributed by atoms with Crippen molar-refractivity contribution in [2.24, 2.45) is 0 Å². The van der Waals surface area contributed by atoms with Crippen LogP contribution in [0.2, 0.25) is 0 Å². The molecule has 0 aliphatic rings. The van der Waals surface area contributed by atoms with Crippen molar-refractivity contribution in [2.45, 2.75) is 11.6 Å². The molecule has 0 radical (unpaired) electrons. The van der Waals surface area contributed by atoms with E-state index in [9.17, 15) is 13.9 Å². The summed E-state index contributed by atoms with van der Waals surface area (Å²) in [7, 11) is 0. The highest BCUT2D eigenvalue weighted by molar-refractivity contribution is 7.74. The number of nitrogens with one attached hydrogen (secondary N) is 1. The molecule has 0 bridgehead atoms. The summed E-state index contributed by atoms with van der Waals surface area (Å²) in [5.74, 6) is 0. The molecule has 2 atom stereocenters. The fourth-order valence-electron chi connectivity index (χ4n) is 0.845. The maximum absolute atomic E-state index is 10.00. The maximum Gasteiger partial charge on any atom is 0.0911 e. The Morgan fingerprint density at radius 2 is 1.81 bits per heavy atom. The lowest BCUT2D eigenvalue weighted by molar-refractivity contribution is 0.0262. The van der Waals surface area contributed by atoms with Crippen molar-refractivity contribution in [1.82, 2.24) is 5.32 Å². The van der Waals surface area contributed by atoms with Crippen molar-refractivity contribution in [3.05, 3.63) is 0 Å². The van der Waals surface area contributed by atoms with Crippen LogP contribution in [0.1, 0.15) is 0 Å². The molecule has 0 saturated carbocycles. The zero-order valence-corrected chi connectivity index (χ0v) is 9.35. The standard InChI is InChI=1S/C7H17NO7S/c9-3-7(4-10,5-11)8-1-6(12)2-15-16(13)14/h6,8-12H,1-5H2,(H,13,14)/p-1. The molecule has 0 aliphatic carbocycles. The van der Waals surface area contributed by atoms with Gasteiger partial charge in [0.25, 0.3) is 0 Å². The predicted molar refractivity (Wildman–Crippen MR) is 52.9 cm³/mol. The van der Waals surface area contributed by atoms with Gasteiger partial charge in [-0.15, -0.1) is 0 Å². The van der Waals surface area contributed by atoms with Gasteiger partial charge in [-0.25, -0.2) is 4.21 Å². The van der Waals surface area contributed by atoms with Gasteiger partial charge >= 0.3 is 0 Å². The summed E-state index contributed by atoms with van der Waals surface area (Å²) in [4.78, 5) is 0. The van der Waals surface area contributed by atoms with Gasteiger partial charge < -0.3 is 30.3 Å². The predicted octanol–water partition coefficient (Wildman–Crippen LogP) is -3.54. The van der Waals surface area contributed by atoms with Crippen LogP contribution in [0.5, 0.6) is 0 Å². The van der Waals surface area contributed by atoms with Gasteiger partial charge in [0.15, 0.2) is 0 Å². The summed E-state index contributed by atoms with van der Waals surface area (Å²) in [6.45, 7) is -2.16. The van der Waals surface area contributed by atoms with E-state index in [1.54, 1.807) is 0 Å². The maximum atomic E-state index is 10.00. The second-order valence-corrected chi connectivity index (χ2v) is 3.92. The van der Waals surface area contributed by atoms with Gasteiger partial charge in [0.2, 0.25) is 0 Å². The van der Waals surface area contributed by atoms with Crippen LogP contribution in [0, 0.1) is 0 Å². The molecule has 0 aliphatic heterocycles. The number of hydrogen-bond acceptors (Lipinski definition) is 8. The quantitative estimate of drug-likeness (QED) is 0.268. The normalized spacial score (nSPS) is 16.1. The first-order chi connectivity index (χ1) is 7.49. The fourth-order valence-corrected chi connectivity index (χ4v) is 1.11. The molecule has 5 N–H and O–H groups in total. The summed E-state index contributed by atoms with van der Waals surface area (Å²) in [5, 5.41) is 38.5. The van der Waals surface area contributed by atoms with E-state index in [1.807, 2.05) is 0 Å². The number of β-amino-alcohol motifs (C(OH)–C–C–N with tert-alkyl or cyclic N) is 1. The third-order valence-electron chi connectivity index (χ3n) is 1.98. The summed E-state index contributed by atoms with van der Waals surface area (Å²) < 4.78 is 24.1. The Bertz CT molecular complexity index is 203. The number of aliphatic hydroxyl groups is 4. The van der Waals surface area contributed by atoms with Crippen molar-refractivity contribution in [3.63, 3.8) is 0 Å². The van der Waals surface area contributed by atoms with Crippen LogP contribution in [0.4, 0.5) is 0 Å². The van der Waals surface area contributed by atoms with Crippen LogP contribution in [0.25, 0.3) is 0 Å². The zero-order chi connectivity index (χ0) is 12.6. The lowest BCUT2D eigenvalue weighted by atomic mass is 10.0. The van der Waals surface area contributed by atoms with Crippen LogP contribution in [-0.4, -0.2) is 73.8 Å². The third kappa shape index (κ3) is 5.82. The van der Waals surface area contributed by atoms with E-state index in [2.05, 4.69) is 9.50 Å². The minimum absolute atomic E-state index is 0.140. The molecule has 0 aromatic carbocycles. The molecule has 0 heterocycles. The minimum Gasteiger partial charge on any atom is -0.750 e. The largest absolute Gasteiger partial charge is 0.750 e. The van der Waals surface area contributed by atoms with Gasteiger partial charge in [-0.2, -0.15) is 0 Å². The molecule has 0 aromatic heterocycles. The molecular weight excluding hydrogens is 242 g/mol. The Hall–Kier alpha value is -0.130. The van der Waals surface area contributed by atoms with Crippen LogP contribution < -0.4 is 5.32 Å².